The van der Waals surface area contributed by atoms with Crippen molar-refractivity contribution in [1.29, 1.82) is 0 Å². The van der Waals surface area contributed by atoms with Gasteiger partial charge in [-0.1, -0.05) is 54.1 Å². The first-order valence-corrected chi connectivity index (χ1v) is 10.5. The summed E-state index contributed by atoms with van der Waals surface area (Å²) < 4.78 is 4.52. The van der Waals surface area contributed by atoms with Crippen molar-refractivity contribution in [3.8, 4) is 0 Å². The SMILES string of the molecule is O=C(c1ccccc1Cl)N1CCCN(c2nc(Cc3ccccc3)ns2)CC1. The molecule has 0 bridgehead atoms. The lowest BCUT2D eigenvalue weighted by atomic mass is 10.1. The lowest BCUT2D eigenvalue weighted by Gasteiger charge is -2.22. The Labute approximate surface area is 173 Å². The molecule has 0 spiro atoms. The van der Waals surface area contributed by atoms with Crippen LogP contribution in [0, 0.1) is 0 Å². The van der Waals surface area contributed by atoms with Gasteiger partial charge in [0.25, 0.3) is 5.91 Å². The maximum atomic E-state index is 12.8. The maximum absolute atomic E-state index is 12.8. The van der Waals surface area contributed by atoms with Crippen LogP contribution >= 0.6 is 23.1 Å². The highest BCUT2D eigenvalue weighted by Gasteiger charge is 2.23. The van der Waals surface area contributed by atoms with Gasteiger partial charge >= 0.3 is 0 Å². The van der Waals surface area contributed by atoms with Crippen LogP contribution in [0.25, 0.3) is 0 Å². The van der Waals surface area contributed by atoms with Gasteiger partial charge in [0.2, 0.25) is 5.13 Å². The van der Waals surface area contributed by atoms with E-state index < -0.39 is 0 Å². The van der Waals surface area contributed by atoms with Crippen molar-refractivity contribution in [2.45, 2.75) is 12.8 Å². The Morgan fingerprint density at radius 1 is 1.00 bits per heavy atom. The van der Waals surface area contributed by atoms with Crippen LogP contribution in [0.2, 0.25) is 5.02 Å². The lowest BCUT2D eigenvalue weighted by Crippen LogP contribution is -2.35. The molecule has 0 N–H and O–H groups in total. The molecule has 1 amide bonds. The second kappa shape index (κ2) is 8.71. The number of aromatic nitrogens is 2. The molecule has 1 aromatic heterocycles. The molecule has 2 aromatic carbocycles. The molecule has 0 aliphatic carbocycles. The van der Waals surface area contributed by atoms with Crippen LogP contribution < -0.4 is 4.90 Å². The van der Waals surface area contributed by atoms with Crippen molar-refractivity contribution in [2.24, 2.45) is 0 Å². The van der Waals surface area contributed by atoms with Crippen LogP contribution in [0.15, 0.2) is 54.6 Å². The zero-order valence-electron chi connectivity index (χ0n) is 15.4. The minimum atomic E-state index is -0.00511. The topological polar surface area (TPSA) is 49.3 Å². The van der Waals surface area contributed by atoms with Gasteiger partial charge in [-0.2, -0.15) is 4.37 Å². The van der Waals surface area contributed by atoms with Gasteiger partial charge in [0.15, 0.2) is 0 Å². The summed E-state index contributed by atoms with van der Waals surface area (Å²) in [5.74, 6) is 0.842. The van der Waals surface area contributed by atoms with Gasteiger partial charge in [-0.3, -0.25) is 4.79 Å². The number of hydrogen-bond acceptors (Lipinski definition) is 5. The molecule has 5 nitrogen and oxygen atoms in total. The molecule has 4 rings (SSSR count). The van der Waals surface area contributed by atoms with E-state index >= 15 is 0 Å². The van der Waals surface area contributed by atoms with Crippen LogP contribution in [0.1, 0.15) is 28.2 Å². The highest BCUT2D eigenvalue weighted by atomic mass is 35.5. The molecule has 144 valence electrons. The summed E-state index contributed by atoms with van der Waals surface area (Å²) in [7, 11) is 0. The number of amides is 1. The third kappa shape index (κ3) is 4.34. The Hall–Kier alpha value is -2.44. The van der Waals surface area contributed by atoms with Crippen molar-refractivity contribution in [3.05, 3.63) is 76.6 Å². The van der Waals surface area contributed by atoms with Crippen LogP contribution in [0.5, 0.6) is 0 Å². The largest absolute Gasteiger partial charge is 0.345 e. The lowest BCUT2D eigenvalue weighted by molar-refractivity contribution is 0.0767. The van der Waals surface area contributed by atoms with E-state index in [9.17, 15) is 4.79 Å². The number of hydrogen-bond donors (Lipinski definition) is 0. The first-order valence-electron chi connectivity index (χ1n) is 9.36. The van der Waals surface area contributed by atoms with Crippen molar-refractivity contribution in [3.63, 3.8) is 0 Å². The predicted octanol–water partition coefficient (Wildman–Crippen LogP) is 4.13. The molecule has 0 saturated carbocycles. The standard InChI is InChI=1S/C21H21ClN4OS/c22-18-10-5-4-9-17(18)20(27)25-11-6-12-26(14-13-25)21-23-19(24-28-21)15-16-7-2-1-3-8-16/h1-5,7-10H,6,11-15H2. The van der Waals surface area contributed by atoms with E-state index in [1.807, 2.05) is 35.2 Å². The van der Waals surface area contributed by atoms with E-state index in [0.717, 1.165) is 43.4 Å². The highest BCUT2D eigenvalue weighted by molar-refractivity contribution is 7.09. The average Bonchev–Trinajstić information content (AvgIpc) is 3.03. The third-order valence-electron chi connectivity index (χ3n) is 4.82. The fourth-order valence-electron chi connectivity index (χ4n) is 3.34. The highest BCUT2D eigenvalue weighted by Crippen LogP contribution is 2.22. The van der Waals surface area contributed by atoms with Gasteiger partial charge < -0.3 is 9.80 Å². The number of carbonyl (C=O) groups excluding carboxylic acids is 1. The summed E-state index contributed by atoms with van der Waals surface area (Å²) in [6.07, 6.45) is 1.63. The fraction of sp³-hybridized carbons (Fsp3) is 0.286. The summed E-state index contributed by atoms with van der Waals surface area (Å²) in [6.45, 7) is 2.98. The van der Waals surface area contributed by atoms with E-state index in [1.54, 1.807) is 12.1 Å². The maximum Gasteiger partial charge on any atom is 0.255 e. The molecule has 28 heavy (non-hydrogen) atoms. The van der Waals surface area contributed by atoms with Crippen LogP contribution in [-0.2, 0) is 6.42 Å². The zero-order chi connectivity index (χ0) is 19.3. The number of benzene rings is 2. The normalized spacial score (nSPS) is 14.8. The second-order valence-electron chi connectivity index (χ2n) is 6.77. The van der Waals surface area contributed by atoms with Crippen LogP contribution in [0.3, 0.4) is 0 Å². The molecule has 0 unspecified atom stereocenters. The first-order chi connectivity index (χ1) is 13.7. The minimum absolute atomic E-state index is 0.00511. The molecule has 1 aliphatic rings. The van der Waals surface area contributed by atoms with E-state index in [1.165, 1.54) is 17.1 Å². The van der Waals surface area contributed by atoms with Crippen molar-refractivity contribution in [1.82, 2.24) is 14.3 Å². The summed E-state index contributed by atoms with van der Waals surface area (Å²) in [5.41, 5.74) is 1.78. The van der Waals surface area contributed by atoms with Crippen molar-refractivity contribution < 1.29 is 4.79 Å². The first kappa shape index (κ1) is 18.9. The van der Waals surface area contributed by atoms with E-state index in [2.05, 4.69) is 21.4 Å². The van der Waals surface area contributed by atoms with Gasteiger partial charge in [-0.15, -0.1) is 0 Å². The van der Waals surface area contributed by atoms with Gasteiger partial charge in [-0.05, 0) is 24.1 Å². The van der Waals surface area contributed by atoms with Gasteiger partial charge in [0, 0.05) is 44.1 Å². The Bertz CT molecular complexity index is 946. The van der Waals surface area contributed by atoms with Crippen molar-refractivity contribution in [2.75, 3.05) is 31.1 Å². The molecule has 2 heterocycles. The number of carbonyl (C=O) groups is 1. The minimum Gasteiger partial charge on any atom is -0.345 e. The molecule has 3 aromatic rings. The molecule has 0 atom stereocenters. The number of halogens is 1. The smallest absolute Gasteiger partial charge is 0.255 e. The average molecular weight is 413 g/mol. The Balaban J connectivity index is 1.40. The third-order valence-corrected chi connectivity index (χ3v) is 5.96. The van der Waals surface area contributed by atoms with E-state index in [0.29, 0.717) is 17.1 Å². The van der Waals surface area contributed by atoms with Crippen molar-refractivity contribution >= 4 is 34.2 Å². The zero-order valence-corrected chi connectivity index (χ0v) is 17.0. The van der Waals surface area contributed by atoms with E-state index in [-0.39, 0.29) is 5.91 Å². The monoisotopic (exact) mass is 412 g/mol. The number of nitrogens with zero attached hydrogens (tertiary/aromatic N) is 4. The van der Waals surface area contributed by atoms with Gasteiger partial charge in [0.1, 0.15) is 5.82 Å². The summed E-state index contributed by atoms with van der Waals surface area (Å²) in [6, 6.07) is 17.5. The van der Waals surface area contributed by atoms with Gasteiger partial charge in [-0.25, -0.2) is 4.98 Å². The van der Waals surface area contributed by atoms with Gasteiger partial charge in [0.05, 0.1) is 10.6 Å². The molecule has 7 heteroatoms. The summed E-state index contributed by atoms with van der Waals surface area (Å²) in [5, 5.41) is 1.43. The molecular weight excluding hydrogens is 392 g/mol. The molecule has 1 fully saturated rings. The fourth-order valence-corrected chi connectivity index (χ4v) is 4.29. The molecular formula is C21H21ClN4OS. The Morgan fingerprint density at radius 2 is 1.79 bits per heavy atom. The van der Waals surface area contributed by atoms with Crippen LogP contribution in [-0.4, -0.2) is 46.3 Å². The summed E-state index contributed by atoms with van der Waals surface area (Å²) in [4.78, 5) is 21.7. The Kier molecular flexibility index (Phi) is 5.88. The molecule has 0 radical (unpaired) electrons. The molecule has 1 aliphatic heterocycles. The van der Waals surface area contributed by atoms with Crippen LogP contribution in [0.4, 0.5) is 5.13 Å². The second-order valence-corrected chi connectivity index (χ2v) is 7.91. The predicted molar refractivity (Wildman–Crippen MR) is 113 cm³/mol. The summed E-state index contributed by atoms with van der Waals surface area (Å²) >= 11 is 7.63. The molecule has 1 saturated heterocycles. The van der Waals surface area contributed by atoms with E-state index in [4.69, 9.17) is 16.6 Å². The number of rotatable bonds is 4. The quantitative estimate of drug-likeness (QED) is 0.646. The Morgan fingerprint density at radius 3 is 2.61 bits per heavy atom. The number of anilines is 1.